The van der Waals surface area contributed by atoms with Gasteiger partial charge in [-0.05, 0) is 105 Å². The van der Waals surface area contributed by atoms with E-state index >= 15 is 0 Å². The van der Waals surface area contributed by atoms with Crippen LogP contribution in [0, 0.1) is 0 Å². The van der Waals surface area contributed by atoms with Crippen LogP contribution in [-0.2, 0) is 0 Å². The molecule has 0 unspecified atom stereocenters. The zero-order valence-corrected chi connectivity index (χ0v) is 34.2. The lowest BCUT2D eigenvalue weighted by Gasteiger charge is -2.26. The van der Waals surface area contributed by atoms with Gasteiger partial charge in [0.05, 0.1) is 11.1 Å². The first-order valence-electron chi connectivity index (χ1n) is 21.3. The second-order valence-corrected chi connectivity index (χ2v) is 15.9. The number of nitrogens with zero attached hydrogens (tertiary/aromatic N) is 2. The monoisotopic (exact) mass is 806 g/mol. The molecule has 0 spiro atoms. The average molecular weight is 807 g/mol. The number of aromatic nitrogens is 1. The smallest absolute Gasteiger partial charge is 0.227 e. The quantitative estimate of drug-likeness (QED) is 0.153. The molecule has 0 radical (unpaired) electrons. The topological polar surface area (TPSA) is 42.4 Å². The van der Waals surface area contributed by atoms with Crippen molar-refractivity contribution >= 4 is 60.9 Å². The molecule has 0 atom stereocenters. The van der Waals surface area contributed by atoms with Crippen LogP contribution in [0.4, 0.5) is 17.1 Å². The Labute approximate surface area is 364 Å². The van der Waals surface area contributed by atoms with Gasteiger partial charge in [0.1, 0.15) is 16.7 Å². The summed E-state index contributed by atoms with van der Waals surface area (Å²) in [5.41, 5.74) is 16.1. The summed E-state index contributed by atoms with van der Waals surface area (Å²) >= 11 is 0. The highest BCUT2D eigenvalue weighted by atomic mass is 16.3. The molecule has 0 aliphatic rings. The van der Waals surface area contributed by atoms with Gasteiger partial charge in [0.25, 0.3) is 0 Å². The summed E-state index contributed by atoms with van der Waals surface area (Å²) in [5, 5.41) is 4.24. The van der Waals surface area contributed by atoms with Crippen molar-refractivity contribution in [2.45, 2.75) is 0 Å². The summed E-state index contributed by atoms with van der Waals surface area (Å²) < 4.78 is 13.7. The Bertz CT molecular complexity index is 3580. The molecule has 10 aromatic carbocycles. The Morgan fingerprint density at radius 3 is 1.48 bits per heavy atom. The Balaban J connectivity index is 1.04. The number of anilines is 3. The van der Waals surface area contributed by atoms with Gasteiger partial charge < -0.3 is 13.7 Å². The Kier molecular flexibility index (Phi) is 8.79. The Morgan fingerprint density at radius 2 is 0.873 bits per heavy atom. The highest BCUT2D eigenvalue weighted by Crippen LogP contribution is 2.48. The van der Waals surface area contributed by atoms with Crippen molar-refractivity contribution in [3.63, 3.8) is 0 Å². The number of hydrogen-bond acceptors (Lipinski definition) is 4. The van der Waals surface area contributed by atoms with Crippen molar-refractivity contribution in [1.82, 2.24) is 4.98 Å². The van der Waals surface area contributed by atoms with Gasteiger partial charge in [-0.25, -0.2) is 4.98 Å². The van der Waals surface area contributed by atoms with E-state index in [0.29, 0.717) is 5.89 Å². The maximum atomic E-state index is 7.06. The molecule has 4 nitrogen and oxygen atoms in total. The number of para-hydroxylation sites is 1. The zero-order chi connectivity index (χ0) is 41.7. The molecule has 12 rings (SSSR count). The van der Waals surface area contributed by atoms with E-state index in [4.69, 9.17) is 13.8 Å². The van der Waals surface area contributed by atoms with Gasteiger partial charge in [-0.3, -0.25) is 0 Å². The SMILES string of the molecule is c1ccc(-c2ccc(-c3ccc(N(c4ccc(-c5ccccc5)cc4)c4cccc5oc6c(-c7cccc8nc(-c9ccccc9)oc78)c7ccccc7cc6c45)cc3)cc2)cc1. The van der Waals surface area contributed by atoms with Crippen molar-refractivity contribution in [1.29, 1.82) is 0 Å². The fraction of sp³-hybridized carbons (Fsp3) is 0. The maximum Gasteiger partial charge on any atom is 0.227 e. The van der Waals surface area contributed by atoms with Crippen LogP contribution in [0.15, 0.2) is 239 Å². The van der Waals surface area contributed by atoms with Crippen LogP contribution in [0.1, 0.15) is 0 Å². The van der Waals surface area contributed by atoms with Crippen molar-refractivity contribution in [2.75, 3.05) is 4.90 Å². The lowest BCUT2D eigenvalue weighted by atomic mass is 9.94. The molecule has 0 N–H and O–H groups in total. The molecule has 0 fully saturated rings. The van der Waals surface area contributed by atoms with Gasteiger partial charge >= 0.3 is 0 Å². The predicted octanol–water partition coefficient (Wildman–Crippen LogP) is 16.7. The van der Waals surface area contributed by atoms with Crippen molar-refractivity contribution in [3.05, 3.63) is 231 Å². The molecule has 0 aliphatic heterocycles. The van der Waals surface area contributed by atoms with Crippen LogP contribution in [0.3, 0.4) is 0 Å². The number of fused-ring (bicyclic) bond motifs is 5. The summed E-state index contributed by atoms with van der Waals surface area (Å²) in [6, 6.07) is 81.0. The molecular formula is C59H38N2O2. The van der Waals surface area contributed by atoms with E-state index in [0.717, 1.165) is 88.7 Å². The summed E-state index contributed by atoms with van der Waals surface area (Å²) in [7, 11) is 0. The molecule has 0 amide bonds. The molecular weight excluding hydrogens is 769 g/mol. The van der Waals surface area contributed by atoms with E-state index in [-0.39, 0.29) is 0 Å². The van der Waals surface area contributed by atoms with Crippen LogP contribution in [0.5, 0.6) is 0 Å². The van der Waals surface area contributed by atoms with Crippen molar-refractivity contribution in [2.24, 2.45) is 0 Å². The van der Waals surface area contributed by atoms with Crippen molar-refractivity contribution < 1.29 is 8.83 Å². The third-order valence-electron chi connectivity index (χ3n) is 12.1. The number of oxazole rings is 1. The van der Waals surface area contributed by atoms with E-state index in [2.05, 4.69) is 199 Å². The van der Waals surface area contributed by atoms with Gasteiger partial charge in [0.15, 0.2) is 5.58 Å². The lowest BCUT2D eigenvalue weighted by Crippen LogP contribution is -2.10. The molecule has 0 saturated heterocycles. The van der Waals surface area contributed by atoms with E-state index in [9.17, 15) is 0 Å². The van der Waals surface area contributed by atoms with Gasteiger partial charge in [-0.1, -0.05) is 170 Å². The minimum atomic E-state index is 0.588. The van der Waals surface area contributed by atoms with Gasteiger partial charge in [0, 0.05) is 33.5 Å². The molecule has 0 aliphatic carbocycles. The summed E-state index contributed by atoms with van der Waals surface area (Å²) in [6.45, 7) is 0. The molecule has 0 saturated carbocycles. The molecule has 63 heavy (non-hydrogen) atoms. The molecule has 0 bridgehead atoms. The largest absolute Gasteiger partial charge is 0.455 e. The minimum absolute atomic E-state index is 0.588. The number of rotatable bonds is 8. The Hall–Kier alpha value is -8.47. The van der Waals surface area contributed by atoms with Crippen LogP contribution in [-0.4, -0.2) is 4.98 Å². The van der Waals surface area contributed by atoms with Crippen LogP contribution >= 0.6 is 0 Å². The molecule has 2 aromatic heterocycles. The van der Waals surface area contributed by atoms with Gasteiger partial charge in [-0.15, -0.1) is 0 Å². The molecule has 4 heteroatoms. The van der Waals surface area contributed by atoms with E-state index in [1.165, 1.54) is 22.3 Å². The highest BCUT2D eigenvalue weighted by molar-refractivity contribution is 6.23. The van der Waals surface area contributed by atoms with Gasteiger partial charge in [-0.2, -0.15) is 0 Å². The van der Waals surface area contributed by atoms with Crippen LogP contribution < -0.4 is 4.90 Å². The first-order valence-corrected chi connectivity index (χ1v) is 21.3. The normalized spacial score (nSPS) is 11.5. The van der Waals surface area contributed by atoms with Crippen LogP contribution in [0.25, 0.3) is 99.8 Å². The second kappa shape index (κ2) is 15.2. The number of benzene rings is 10. The lowest BCUT2D eigenvalue weighted by molar-refractivity contribution is 0.620. The highest BCUT2D eigenvalue weighted by Gasteiger charge is 2.24. The second-order valence-electron chi connectivity index (χ2n) is 15.9. The predicted molar refractivity (Wildman–Crippen MR) is 261 cm³/mol. The third-order valence-corrected chi connectivity index (χ3v) is 12.1. The Morgan fingerprint density at radius 1 is 0.365 bits per heavy atom. The minimum Gasteiger partial charge on any atom is -0.455 e. The summed E-state index contributed by atoms with van der Waals surface area (Å²) in [4.78, 5) is 7.29. The molecule has 296 valence electrons. The standard InChI is InChI=1S/C59H38N2O2/c1-4-14-39(15-5-1)41-26-28-42(29-27-41)44-32-36-48(37-33-44)61(47-34-30-43(31-35-47)40-16-6-2-7-17-40)53-24-13-25-54-56(53)51-38-46-20-10-11-21-49(46)55(58(51)62-54)50-22-12-23-52-57(50)63-59(60-52)45-18-8-3-9-19-45/h1-38H. The van der Waals surface area contributed by atoms with E-state index in [1.807, 2.05) is 36.4 Å². The fourth-order valence-corrected chi connectivity index (χ4v) is 9.06. The number of hydrogen-bond donors (Lipinski definition) is 0. The first kappa shape index (κ1) is 36.4. The molecule has 2 heterocycles. The fourth-order valence-electron chi connectivity index (χ4n) is 9.06. The average Bonchev–Trinajstić information content (AvgIpc) is 3.97. The third kappa shape index (κ3) is 6.44. The van der Waals surface area contributed by atoms with Gasteiger partial charge in [0.2, 0.25) is 5.89 Å². The zero-order valence-electron chi connectivity index (χ0n) is 34.2. The first-order chi connectivity index (χ1) is 31.2. The summed E-state index contributed by atoms with van der Waals surface area (Å²) in [5.74, 6) is 0.588. The van der Waals surface area contributed by atoms with Crippen LogP contribution in [0.2, 0.25) is 0 Å². The van der Waals surface area contributed by atoms with E-state index < -0.39 is 0 Å². The van der Waals surface area contributed by atoms with E-state index in [1.54, 1.807) is 0 Å². The summed E-state index contributed by atoms with van der Waals surface area (Å²) in [6.07, 6.45) is 0. The maximum absolute atomic E-state index is 7.06. The van der Waals surface area contributed by atoms with Crippen molar-refractivity contribution in [3.8, 4) is 56.0 Å². The number of furan rings is 1. The molecule has 12 aromatic rings.